The molecule has 1 heterocycles. The van der Waals surface area contributed by atoms with Crippen LogP contribution in [0.15, 0.2) is 48.5 Å². The fourth-order valence-corrected chi connectivity index (χ4v) is 5.05. The van der Waals surface area contributed by atoms with Crippen molar-refractivity contribution in [2.75, 3.05) is 4.90 Å². The maximum absolute atomic E-state index is 13.1. The molecule has 2 fully saturated rings. The third-order valence-corrected chi connectivity index (χ3v) is 6.10. The first-order chi connectivity index (χ1) is 12.1. The average Bonchev–Trinajstić information content (AvgIpc) is 2.88. The number of imide groups is 1. The Balaban J connectivity index is 1.68. The van der Waals surface area contributed by atoms with Gasteiger partial charge in [-0.25, -0.2) is 4.90 Å². The Hall–Kier alpha value is -2.46. The van der Waals surface area contributed by atoms with Gasteiger partial charge in [-0.2, -0.15) is 0 Å². The molecular weight excluding hydrogens is 338 g/mol. The first kappa shape index (κ1) is 14.8. The van der Waals surface area contributed by atoms with Gasteiger partial charge in [0.05, 0.1) is 28.5 Å². The van der Waals surface area contributed by atoms with Crippen molar-refractivity contribution in [1.29, 1.82) is 0 Å². The maximum Gasteiger partial charge on any atom is 0.238 e. The maximum atomic E-state index is 13.1. The van der Waals surface area contributed by atoms with Crippen LogP contribution < -0.4 is 4.90 Å². The Morgan fingerprint density at radius 2 is 1.48 bits per heavy atom. The number of ketones is 1. The van der Waals surface area contributed by atoms with Crippen LogP contribution in [0.25, 0.3) is 0 Å². The van der Waals surface area contributed by atoms with Gasteiger partial charge in [-0.15, -0.1) is 0 Å². The molecule has 1 saturated heterocycles. The number of carbonyl (C=O) groups is 3. The second kappa shape index (κ2) is 5.02. The average molecular weight is 352 g/mol. The molecule has 0 spiro atoms. The van der Waals surface area contributed by atoms with E-state index in [9.17, 15) is 14.4 Å². The van der Waals surface area contributed by atoms with Crippen LogP contribution in [0.3, 0.4) is 0 Å². The number of fused-ring (bicyclic) bond motifs is 1. The molecule has 4 atom stereocenters. The molecule has 4 nitrogen and oxygen atoms in total. The van der Waals surface area contributed by atoms with Crippen molar-refractivity contribution in [3.63, 3.8) is 0 Å². The van der Waals surface area contributed by atoms with Crippen molar-refractivity contribution < 1.29 is 14.4 Å². The highest BCUT2D eigenvalue weighted by molar-refractivity contribution is 6.36. The number of para-hydroxylation sites is 1. The number of halogens is 1. The molecule has 4 aliphatic rings. The number of nitrogens with zero attached hydrogens (tertiary/aromatic N) is 1. The molecule has 2 amide bonds. The van der Waals surface area contributed by atoms with Crippen LogP contribution in [0.2, 0.25) is 5.02 Å². The number of amides is 2. The third-order valence-electron chi connectivity index (χ3n) is 5.78. The summed E-state index contributed by atoms with van der Waals surface area (Å²) in [5.74, 6) is -2.29. The second-order valence-electron chi connectivity index (χ2n) is 6.90. The van der Waals surface area contributed by atoms with Gasteiger partial charge in [-0.05, 0) is 23.3 Å². The number of Topliss-reactive ketones (excluding diaryl/α,β-unsaturated/α-hetero) is 1. The predicted molar refractivity (Wildman–Crippen MR) is 92.5 cm³/mol. The molecule has 6 rings (SSSR count). The number of rotatable bonds is 1. The molecule has 1 aliphatic heterocycles. The van der Waals surface area contributed by atoms with Crippen molar-refractivity contribution in [3.8, 4) is 0 Å². The van der Waals surface area contributed by atoms with E-state index in [2.05, 4.69) is 0 Å². The summed E-state index contributed by atoms with van der Waals surface area (Å²) in [7, 11) is 0. The largest absolute Gasteiger partial charge is 0.299 e. The normalized spacial score (nSPS) is 29.8. The van der Waals surface area contributed by atoms with E-state index in [1.54, 1.807) is 24.3 Å². The van der Waals surface area contributed by atoms with E-state index in [0.717, 1.165) is 11.1 Å². The monoisotopic (exact) mass is 351 g/mol. The van der Waals surface area contributed by atoms with Gasteiger partial charge in [0, 0.05) is 12.3 Å². The van der Waals surface area contributed by atoms with Crippen LogP contribution in [-0.4, -0.2) is 17.6 Å². The Labute approximate surface area is 149 Å². The predicted octanol–water partition coefficient (Wildman–Crippen LogP) is 3.30. The van der Waals surface area contributed by atoms with Crippen molar-refractivity contribution in [1.82, 2.24) is 0 Å². The third kappa shape index (κ3) is 1.80. The van der Waals surface area contributed by atoms with Gasteiger partial charge in [0.15, 0.2) is 0 Å². The molecule has 124 valence electrons. The fourth-order valence-electron chi connectivity index (χ4n) is 4.83. The summed E-state index contributed by atoms with van der Waals surface area (Å²) in [4.78, 5) is 40.1. The summed E-state index contributed by atoms with van der Waals surface area (Å²) in [6.45, 7) is 0. The molecular formula is C20H14ClNO3. The van der Waals surface area contributed by atoms with E-state index in [-0.39, 0.29) is 23.5 Å². The quantitative estimate of drug-likeness (QED) is 0.741. The first-order valence-electron chi connectivity index (χ1n) is 8.33. The molecule has 5 heteroatoms. The van der Waals surface area contributed by atoms with Crippen LogP contribution >= 0.6 is 11.6 Å². The topological polar surface area (TPSA) is 54.5 Å². The number of carbonyl (C=O) groups excluding carboxylic acids is 3. The number of benzene rings is 2. The Morgan fingerprint density at radius 1 is 0.840 bits per heavy atom. The summed E-state index contributed by atoms with van der Waals surface area (Å²) >= 11 is 6.23. The summed E-state index contributed by atoms with van der Waals surface area (Å²) in [6.07, 6.45) is 0.332. The number of anilines is 1. The fraction of sp³-hybridized carbons (Fsp3) is 0.250. The van der Waals surface area contributed by atoms with Crippen LogP contribution in [0, 0.1) is 11.8 Å². The zero-order chi connectivity index (χ0) is 17.3. The molecule has 2 aromatic carbocycles. The molecule has 0 aromatic heterocycles. The summed E-state index contributed by atoms with van der Waals surface area (Å²) in [5, 5.41) is 0.360. The molecule has 4 unspecified atom stereocenters. The van der Waals surface area contributed by atoms with E-state index >= 15 is 0 Å². The van der Waals surface area contributed by atoms with Crippen molar-refractivity contribution in [2.24, 2.45) is 11.8 Å². The highest BCUT2D eigenvalue weighted by atomic mass is 35.5. The summed E-state index contributed by atoms with van der Waals surface area (Å²) in [6, 6.07) is 14.5. The second-order valence-corrected chi connectivity index (χ2v) is 7.31. The molecule has 0 N–H and O–H groups in total. The Bertz CT molecular complexity index is 953. The van der Waals surface area contributed by atoms with Crippen molar-refractivity contribution >= 4 is 34.9 Å². The van der Waals surface area contributed by atoms with E-state index in [1.165, 1.54) is 4.90 Å². The van der Waals surface area contributed by atoms with E-state index < -0.39 is 17.8 Å². The SMILES string of the molecule is O=C1CC2c3ccccc3C1C1C(=O)N(c3ccccc3Cl)C(=O)C21. The Morgan fingerprint density at radius 3 is 2.24 bits per heavy atom. The van der Waals surface area contributed by atoms with Crippen LogP contribution in [0.4, 0.5) is 5.69 Å². The highest BCUT2D eigenvalue weighted by Crippen LogP contribution is 2.57. The number of hydrogen-bond donors (Lipinski definition) is 0. The minimum atomic E-state index is -0.607. The van der Waals surface area contributed by atoms with Crippen LogP contribution in [0.1, 0.15) is 29.4 Å². The zero-order valence-corrected chi connectivity index (χ0v) is 13.9. The highest BCUT2D eigenvalue weighted by Gasteiger charge is 2.62. The van der Waals surface area contributed by atoms with Gasteiger partial charge in [0.2, 0.25) is 11.8 Å². The van der Waals surface area contributed by atoms with E-state index in [0.29, 0.717) is 17.1 Å². The van der Waals surface area contributed by atoms with Gasteiger partial charge < -0.3 is 0 Å². The zero-order valence-electron chi connectivity index (χ0n) is 13.2. The van der Waals surface area contributed by atoms with Crippen molar-refractivity contribution in [2.45, 2.75) is 18.3 Å². The van der Waals surface area contributed by atoms with Crippen LogP contribution in [-0.2, 0) is 14.4 Å². The van der Waals surface area contributed by atoms with Gasteiger partial charge in [-0.1, -0.05) is 48.0 Å². The molecule has 3 aliphatic carbocycles. The minimum absolute atomic E-state index is 0.0621. The lowest BCUT2D eigenvalue weighted by molar-refractivity contribution is -0.134. The summed E-state index contributed by atoms with van der Waals surface area (Å²) in [5.41, 5.74) is 2.35. The number of hydrogen-bond acceptors (Lipinski definition) is 3. The van der Waals surface area contributed by atoms with Gasteiger partial charge in [-0.3, -0.25) is 14.4 Å². The molecule has 25 heavy (non-hydrogen) atoms. The van der Waals surface area contributed by atoms with Gasteiger partial charge in [0.25, 0.3) is 0 Å². The first-order valence-corrected chi connectivity index (χ1v) is 8.71. The smallest absolute Gasteiger partial charge is 0.238 e. The standard InChI is InChI=1S/C20H14ClNO3/c21-13-7-3-4-8-14(13)22-19(24)17-12-9-15(23)16(18(17)20(22)25)11-6-2-1-5-10(11)12/h1-8,12,16-18H,9H2. The minimum Gasteiger partial charge on any atom is -0.299 e. The van der Waals surface area contributed by atoms with Gasteiger partial charge >= 0.3 is 0 Å². The lowest BCUT2D eigenvalue weighted by Gasteiger charge is -2.43. The van der Waals surface area contributed by atoms with Gasteiger partial charge in [0.1, 0.15) is 5.78 Å². The Kier molecular flexibility index (Phi) is 2.98. The molecule has 0 radical (unpaired) electrons. The van der Waals surface area contributed by atoms with Crippen LogP contribution in [0.5, 0.6) is 0 Å². The molecule has 2 bridgehead atoms. The lowest BCUT2D eigenvalue weighted by atomic mass is 9.56. The van der Waals surface area contributed by atoms with E-state index in [4.69, 9.17) is 11.6 Å². The molecule has 2 aromatic rings. The summed E-state index contributed by atoms with van der Waals surface area (Å²) < 4.78 is 0. The van der Waals surface area contributed by atoms with E-state index in [1.807, 2.05) is 24.3 Å². The molecule has 1 saturated carbocycles. The lowest BCUT2D eigenvalue weighted by Crippen LogP contribution is -2.44. The van der Waals surface area contributed by atoms with Crippen molar-refractivity contribution in [3.05, 3.63) is 64.7 Å².